The van der Waals surface area contributed by atoms with Gasteiger partial charge in [-0.15, -0.1) is 0 Å². The molecule has 0 saturated carbocycles. The molecule has 4 rings (SSSR count). The molecule has 4 aromatic rings. The van der Waals surface area contributed by atoms with E-state index in [0.717, 1.165) is 18.4 Å². The van der Waals surface area contributed by atoms with Crippen LogP contribution in [0, 0.1) is 0 Å². The first kappa shape index (κ1) is 19.8. The number of nitrogens with zero attached hydrogens (tertiary/aromatic N) is 1. The third kappa shape index (κ3) is 4.39. The van der Waals surface area contributed by atoms with Gasteiger partial charge in [0.05, 0.1) is 0 Å². The van der Waals surface area contributed by atoms with Crippen LogP contribution < -0.4 is 11.1 Å². The molecule has 0 fully saturated rings. The molecule has 0 aliphatic rings. The van der Waals surface area contributed by atoms with Crippen LogP contribution in [0.4, 0.5) is 5.88 Å². The average Bonchev–Trinajstić information content (AvgIpc) is 3.39. The van der Waals surface area contributed by atoms with E-state index in [0.29, 0.717) is 23.1 Å². The minimum absolute atomic E-state index is 0.0498. The standard InChI is InChI=1S/C23H20ClN3O3/c24-17-10-4-9-16(14-17)18-11-12-19(29-18)21-20(22(25)30-27-21)23(28)26-13-5-8-15-6-2-1-3-7-15/h1-4,6-7,9-12,14H,5,8,13,25H2,(H,26,28). The monoisotopic (exact) mass is 421 g/mol. The molecular weight excluding hydrogens is 402 g/mol. The van der Waals surface area contributed by atoms with Crippen LogP contribution in [0.15, 0.2) is 75.7 Å². The van der Waals surface area contributed by atoms with Gasteiger partial charge in [0.1, 0.15) is 11.3 Å². The van der Waals surface area contributed by atoms with Gasteiger partial charge in [0, 0.05) is 17.1 Å². The largest absolute Gasteiger partial charge is 0.454 e. The van der Waals surface area contributed by atoms with Crippen LogP contribution in [0.2, 0.25) is 5.02 Å². The Kier molecular flexibility index (Phi) is 5.86. The number of furan rings is 1. The molecule has 3 N–H and O–H groups in total. The lowest BCUT2D eigenvalue weighted by molar-refractivity contribution is 0.0954. The van der Waals surface area contributed by atoms with Crippen molar-refractivity contribution in [2.24, 2.45) is 0 Å². The average molecular weight is 422 g/mol. The smallest absolute Gasteiger partial charge is 0.259 e. The van der Waals surface area contributed by atoms with E-state index in [9.17, 15) is 4.79 Å². The molecule has 30 heavy (non-hydrogen) atoms. The van der Waals surface area contributed by atoms with Gasteiger partial charge >= 0.3 is 0 Å². The Morgan fingerprint density at radius 1 is 1.03 bits per heavy atom. The number of rotatable bonds is 7. The summed E-state index contributed by atoms with van der Waals surface area (Å²) in [7, 11) is 0. The lowest BCUT2D eigenvalue weighted by Crippen LogP contribution is -2.25. The molecule has 0 unspecified atom stereocenters. The minimum Gasteiger partial charge on any atom is -0.454 e. The fourth-order valence-electron chi connectivity index (χ4n) is 3.18. The van der Waals surface area contributed by atoms with Crippen molar-refractivity contribution >= 4 is 23.4 Å². The molecular formula is C23H20ClN3O3. The summed E-state index contributed by atoms with van der Waals surface area (Å²) in [4.78, 5) is 12.7. The Bertz CT molecular complexity index is 1150. The van der Waals surface area contributed by atoms with Gasteiger partial charge in [-0.3, -0.25) is 4.79 Å². The summed E-state index contributed by atoms with van der Waals surface area (Å²) in [6.45, 7) is 0.504. The van der Waals surface area contributed by atoms with Gasteiger partial charge in [-0.05, 0) is 42.7 Å². The minimum atomic E-state index is -0.350. The van der Waals surface area contributed by atoms with Crippen molar-refractivity contribution in [2.75, 3.05) is 12.3 Å². The number of nitrogen functional groups attached to an aromatic ring is 1. The number of carbonyl (C=O) groups excluding carboxylic acids is 1. The molecule has 0 atom stereocenters. The molecule has 2 aromatic carbocycles. The number of aromatic nitrogens is 1. The van der Waals surface area contributed by atoms with Crippen molar-refractivity contribution in [3.8, 4) is 22.8 Å². The number of carbonyl (C=O) groups is 1. The first-order chi connectivity index (χ1) is 14.6. The van der Waals surface area contributed by atoms with E-state index in [-0.39, 0.29) is 23.0 Å². The summed E-state index contributed by atoms with van der Waals surface area (Å²) < 4.78 is 10.9. The van der Waals surface area contributed by atoms with E-state index < -0.39 is 0 Å². The Balaban J connectivity index is 1.46. The third-order valence-electron chi connectivity index (χ3n) is 4.66. The highest BCUT2D eigenvalue weighted by atomic mass is 35.5. The van der Waals surface area contributed by atoms with E-state index in [1.165, 1.54) is 5.56 Å². The number of anilines is 1. The second kappa shape index (κ2) is 8.88. The molecule has 0 aliphatic heterocycles. The summed E-state index contributed by atoms with van der Waals surface area (Å²) in [5, 5.41) is 7.40. The summed E-state index contributed by atoms with van der Waals surface area (Å²) in [6.07, 6.45) is 1.67. The number of hydrogen-bond donors (Lipinski definition) is 2. The molecule has 2 aromatic heterocycles. The van der Waals surface area contributed by atoms with E-state index >= 15 is 0 Å². The van der Waals surface area contributed by atoms with Crippen molar-refractivity contribution in [1.82, 2.24) is 10.5 Å². The summed E-state index contributed by atoms with van der Waals surface area (Å²) in [5.74, 6) is 0.590. The van der Waals surface area contributed by atoms with E-state index in [2.05, 4.69) is 22.6 Å². The second-order valence-corrected chi connectivity index (χ2v) is 7.23. The maximum absolute atomic E-state index is 12.7. The highest BCUT2D eigenvalue weighted by molar-refractivity contribution is 6.30. The predicted octanol–water partition coefficient (Wildman–Crippen LogP) is 5.20. The molecule has 0 spiro atoms. The van der Waals surface area contributed by atoms with Crippen LogP contribution in [-0.2, 0) is 6.42 Å². The quantitative estimate of drug-likeness (QED) is 0.400. The second-order valence-electron chi connectivity index (χ2n) is 6.79. The van der Waals surface area contributed by atoms with Gasteiger partial charge in [-0.2, -0.15) is 0 Å². The summed E-state index contributed by atoms with van der Waals surface area (Å²) in [6, 6.07) is 20.9. The van der Waals surface area contributed by atoms with Gasteiger partial charge in [-0.1, -0.05) is 59.2 Å². The van der Waals surface area contributed by atoms with Crippen molar-refractivity contribution in [2.45, 2.75) is 12.8 Å². The maximum Gasteiger partial charge on any atom is 0.259 e. The molecule has 6 nitrogen and oxygen atoms in total. The van der Waals surface area contributed by atoms with E-state index in [1.807, 2.05) is 30.3 Å². The Morgan fingerprint density at radius 2 is 1.83 bits per heavy atom. The lowest BCUT2D eigenvalue weighted by atomic mass is 10.1. The SMILES string of the molecule is Nc1onc(-c2ccc(-c3cccc(Cl)c3)o2)c1C(=O)NCCCc1ccccc1. The van der Waals surface area contributed by atoms with E-state index in [1.54, 1.807) is 24.3 Å². The Hall–Kier alpha value is -3.51. The van der Waals surface area contributed by atoms with Crippen molar-refractivity contribution < 1.29 is 13.7 Å². The van der Waals surface area contributed by atoms with Gasteiger partial charge in [0.2, 0.25) is 5.88 Å². The summed E-state index contributed by atoms with van der Waals surface area (Å²) >= 11 is 6.05. The van der Waals surface area contributed by atoms with Crippen molar-refractivity contribution in [1.29, 1.82) is 0 Å². The molecule has 0 saturated heterocycles. The molecule has 0 bridgehead atoms. The van der Waals surface area contributed by atoms with Crippen molar-refractivity contribution in [3.05, 3.63) is 82.9 Å². The number of hydrogen-bond acceptors (Lipinski definition) is 5. The Labute approximate surface area is 178 Å². The van der Waals surface area contributed by atoms with Crippen LogP contribution in [0.3, 0.4) is 0 Å². The number of nitrogens with one attached hydrogen (secondary N) is 1. The van der Waals surface area contributed by atoms with Crippen LogP contribution in [0.5, 0.6) is 0 Å². The normalized spacial score (nSPS) is 10.8. The van der Waals surface area contributed by atoms with Gasteiger partial charge in [0.25, 0.3) is 5.91 Å². The highest BCUT2D eigenvalue weighted by Gasteiger charge is 2.24. The fourth-order valence-corrected chi connectivity index (χ4v) is 3.37. The summed E-state index contributed by atoms with van der Waals surface area (Å²) in [5.41, 5.74) is 8.34. The van der Waals surface area contributed by atoms with Gasteiger partial charge < -0.3 is 20.0 Å². The zero-order chi connectivity index (χ0) is 20.9. The first-order valence-electron chi connectivity index (χ1n) is 9.55. The molecule has 0 radical (unpaired) electrons. The highest BCUT2D eigenvalue weighted by Crippen LogP contribution is 2.32. The van der Waals surface area contributed by atoms with Crippen LogP contribution in [-0.4, -0.2) is 17.6 Å². The number of halogens is 1. The zero-order valence-corrected chi connectivity index (χ0v) is 16.9. The van der Waals surface area contributed by atoms with Gasteiger partial charge in [-0.25, -0.2) is 0 Å². The third-order valence-corrected chi connectivity index (χ3v) is 4.90. The number of benzene rings is 2. The zero-order valence-electron chi connectivity index (χ0n) is 16.1. The van der Waals surface area contributed by atoms with Crippen LogP contribution in [0.25, 0.3) is 22.8 Å². The molecule has 152 valence electrons. The molecule has 7 heteroatoms. The molecule has 2 heterocycles. The number of aryl methyl sites for hydroxylation is 1. The Morgan fingerprint density at radius 3 is 2.63 bits per heavy atom. The first-order valence-corrected chi connectivity index (χ1v) is 9.93. The topological polar surface area (TPSA) is 94.3 Å². The number of nitrogens with two attached hydrogens (primary N) is 1. The van der Waals surface area contributed by atoms with Crippen LogP contribution >= 0.6 is 11.6 Å². The molecule has 1 amide bonds. The van der Waals surface area contributed by atoms with E-state index in [4.69, 9.17) is 26.3 Å². The lowest BCUT2D eigenvalue weighted by Gasteiger charge is -2.05. The van der Waals surface area contributed by atoms with Crippen LogP contribution in [0.1, 0.15) is 22.3 Å². The predicted molar refractivity (Wildman–Crippen MR) is 116 cm³/mol. The number of amides is 1. The van der Waals surface area contributed by atoms with Crippen molar-refractivity contribution in [3.63, 3.8) is 0 Å². The maximum atomic E-state index is 12.7. The fraction of sp³-hybridized carbons (Fsp3) is 0.130. The molecule has 0 aliphatic carbocycles. The van der Waals surface area contributed by atoms with Gasteiger partial charge in [0.15, 0.2) is 11.5 Å².